The summed E-state index contributed by atoms with van der Waals surface area (Å²) in [7, 11) is -7.46. The van der Waals surface area contributed by atoms with E-state index in [0.29, 0.717) is 0 Å². The van der Waals surface area contributed by atoms with Crippen molar-refractivity contribution >= 4 is 25.4 Å². The number of rotatable bonds is 6. The lowest BCUT2D eigenvalue weighted by Crippen LogP contribution is -2.18. The molecule has 1 aromatic carbocycles. The molecule has 4 N–H and O–H groups in total. The SMILES string of the molecule is CCS(=O)(=O)C(O)c1ccc(C(O)S(=O)(=O)CC)c(N)c1. The van der Waals surface area contributed by atoms with Gasteiger partial charge in [-0.05, 0) is 11.6 Å². The van der Waals surface area contributed by atoms with E-state index in [-0.39, 0.29) is 28.3 Å². The monoisotopic (exact) mass is 337 g/mol. The molecule has 7 nitrogen and oxygen atoms in total. The van der Waals surface area contributed by atoms with Gasteiger partial charge in [0.25, 0.3) is 0 Å². The quantitative estimate of drug-likeness (QED) is 0.627. The fraction of sp³-hybridized carbons (Fsp3) is 0.500. The highest BCUT2D eigenvalue weighted by molar-refractivity contribution is 7.91. The van der Waals surface area contributed by atoms with Crippen LogP contribution in [0.4, 0.5) is 5.69 Å². The number of benzene rings is 1. The third kappa shape index (κ3) is 3.73. The van der Waals surface area contributed by atoms with E-state index < -0.39 is 30.5 Å². The van der Waals surface area contributed by atoms with E-state index in [1.165, 1.54) is 26.0 Å². The first kappa shape index (κ1) is 17.9. The molecule has 9 heteroatoms. The van der Waals surface area contributed by atoms with Gasteiger partial charge in [-0.25, -0.2) is 16.8 Å². The summed E-state index contributed by atoms with van der Waals surface area (Å²) in [5.74, 6) is -0.509. The second-order valence-corrected chi connectivity index (χ2v) is 9.20. The van der Waals surface area contributed by atoms with E-state index in [2.05, 4.69) is 0 Å². The Morgan fingerprint density at radius 3 is 1.90 bits per heavy atom. The molecule has 0 heterocycles. The maximum atomic E-state index is 11.6. The Labute approximate surface area is 124 Å². The summed E-state index contributed by atoms with van der Waals surface area (Å²) in [4.78, 5) is 0. The molecule has 21 heavy (non-hydrogen) atoms. The molecule has 2 unspecified atom stereocenters. The Morgan fingerprint density at radius 2 is 1.48 bits per heavy atom. The summed E-state index contributed by atoms with van der Waals surface area (Å²) in [5, 5.41) is 19.6. The topological polar surface area (TPSA) is 135 Å². The van der Waals surface area contributed by atoms with Gasteiger partial charge in [0, 0.05) is 11.3 Å². The lowest BCUT2D eigenvalue weighted by atomic mass is 10.1. The van der Waals surface area contributed by atoms with Gasteiger partial charge in [0.15, 0.2) is 30.5 Å². The molecular weight excluding hydrogens is 318 g/mol. The van der Waals surface area contributed by atoms with Crippen LogP contribution < -0.4 is 5.73 Å². The van der Waals surface area contributed by atoms with Crippen LogP contribution in [0, 0.1) is 0 Å². The number of anilines is 1. The van der Waals surface area contributed by atoms with Crippen LogP contribution in [0.5, 0.6) is 0 Å². The smallest absolute Gasteiger partial charge is 0.182 e. The zero-order valence-electron chi connectivity index (χ0n) is 11.7. The number of nitrogens with two attached hydrogens (primary N) is 1. The van der Waals surface area contributed by atoms with Crippen LogP contribution >= 0.6 is 0 Å². The molecule has 0 radical (unpaired) electrons. The van der Waals surface area contributed by atoms with Crippen LogP contribution in [-0.4, -0.2) is 38.6 Å². The molecule has 0 fully saturated rings. The van der Waals surface area contributed by atoms with Crippen molar-refractivity contribution in [3.63, 3.8) is 0 Å². The van der Waals surface area contributed by atoms with Gasteiger partial charge in [-0.1, -0.05) is 26.0 Å². The maximum Gasteiger partial charge on any atom is 0.182 e. The van der Waals surface area contributed by atoms with Gasteiger partial charge in [-0.2, -0.15) is 0 Å². The fourth-order valence-corrected chi connectivity index (χ4v) is 3.48. The van der Waals surface area contributed by atoms with Gasteiger partial charge < -0.3 is 15.9 Å². The molecule has 0 aliphatic rings. The minimum Gasteiger partial charge on any atom is -0.398 e. The van der Waals surface area contributed by atoms with E-state index in [1.54, 1.807) is 0 Å². The van der Waals surface area contributed by atoms with Gasteiger partial charge in [-0.15, -0.1) is 0 Å². The largest absolute Gasteiger partial charge is 0.398 e. The minimum atomic E-state index is -3.75. The summed E-state index contributed by atoms with van der Waals surface area (Å²) < 4.78 is 46.4. The number of aliphatic hydroxyl groups excluding tert-OH is 2. The van der Waals surface area contributed by atoms with E-state index in [0.717, 1.165) is 6.07 Å². The first-order chi connectivity index (χ1) is 9.56. The average Bonchev–Trinajstić information content (AvgIpc) is 2.45. The Balaban J connectivity index is 3.24. The number of hydrogen-bond donors (Lipinski definition) is 3. The number of aliphatic hydroxyl groups is 2. The first-order valence-corrected chi connectivity index (χ1v) is 9.68. The average molecular weight is 337 g/mol. The third-order valence-corrected chi connectivity index (χ3v) is 6.64. The molecule has 0 spiro atoms. The van der Waals surface area contributed by atoms with Crippen molar-refractivity contribution in [2.75, 3.05) is 17.2 Å². The first-order valence-electron chi connectivity index (χ1n) is 6.25. The summed E-state index contributed by atoms with van der Waals surface area (Å²) >= 11 is 0. The Morgan fingerprint density at radius 1 is 1.00 bits per heavy atom. The second-order valence-electron chi connectivity index (χ2n) is 4.50. The Bertz CT molecular complexity index is 711. The molecule has 0 aromatic heterocycles. The number of sulfone groups is 2. The van der Waals surface area contributed by atoms with Crippen LogP contribution in [0.3, 0.4) is 0 Å². The molecule has 0 saturated carbocycles. The van der Waals surface area contributed by atoms with Crippen molar-refractivity contribution in [3.8, 4) is 0 Å². The molecule has 120 valence electrons. The number of nitrogen functional groups attached to an aromatic ring is 1. The van der Waals surface area contributed by atoms with Gasteiger partial charge in [-0.3, -0.25) is 0 Å². The molecule has 1 aromatic rings. The second kappa shape index (κ2) is 6.30. The molecule has 1 rings (SSSR count). The van der Waals surface area contributed by atoms with Crippen molar-refractivity contribution < 1.29 is 27.0 Å². The normalized spacial score (nSPS) is 15.6. The van der Waals surface area contributed by atoms with Crippen LogP contribution in [0.2, 0.25) is 0 Å². The van der Waals surface area contributed by atoms with Gasteiger partial charge in [0.2, 0.25) is 0 Å². The van der Waals surface area contributed by atoms with E-state index in [9.17, 15) is 27.0 Å². The zero-order chi connectivity index (χ0) is 16.4. The summed E-state index contributed by atoms with van der Waals surface area (Å²) in [5.41, 5.74) is 2.04. The maximum absolute atomic E-state index is 11.6. The van der Waals surface area contributed by atoms with Crippen molar-refractivity contribution in [2.45, 2.75) is 24.7 Å². The fourth-order valence-electron chi connectivity index (χ4n) is 1.69. The van der Waals surface area contributed by atoms with E-state index >= 15 is 0 Å². The highest BCUT2D eigenvalue weighted by Gasteiger charge is 2.27. The Hall–Kier alpha value is -1.16. The van der Waals surface area contributed by atoms with Crippen LogP contribution in [0.25, 0.3) is 0 Å². The molecule has 0 aliphatic carbocycles. The van der Waals surface area contributed by atoms with Crippen molar-refractivity contribution in [3.05, 3.63) is 29.3 Å². The predicted octanol–water partition coefficient (Wildman–Crippen LogP) is 0.120. The summed E-state index contributed by atoms with van der Waals surface area (Å²) in [6, 6.07) is 3.59. The zero-order valence-corrected chi connectivity index (χ0v) is 13.4. The molecule has 0 aliphatic heterocycles. The van der Waals surface area contributed by atoms with Crippen molar-refractivity contribution in [1.82, 2.24) is 0 Å². The summed E-state index contributed by atoms with van der Waals surface area (Å²) in [6.07, 6.45) is 0. The standard InChI is InChI=1S/C12H19NO6S2/c1-3-20(16,17)11(14)8-5-6-9(10(13)7-8)12(15)21(18,19)4-2/h5-7,11-12,14-15H,3-4,13H2,1-2H3. The highest BCUT2D eigenvalue weighted by Crippen LogP contribution is 2.29. The predicted molar refractivity (Wildman–Crippen MR) is 79.7 cm³/mol. The lowest BCUT2D eigenvalue weighted by molar-refractivity contribution is 0.252. The van der Waals surface area contributed by atoms with Gasteiger partial charge in [0.1, 0.15) is 0 Å². The molecule has 2 atom stereocenters. The molecule has 0 amide bonds. The van der Waals surface area contributed by atoms with Crippen LogP contribution in [-0.2, 0) is 19.7 Å². The Kier molecular flexibility index (Phi) is 5.37. The van der Waals surface area contributed by atoms with Crippen molar-refractivity contribution in [1.29, 1.82) is 0 Å². The molecular formula is C12H19NO6S2. The molecule has 0 saturated heterocycles. The molecule has 0 bridgehead atoms. The van der Waals surface area contributed by atoms with Crippen molar-refractivity contribution in [2.24, 2.45) is 0 Å². The van der Waals surface area contributed by atoms with Crippen LogP contribution in [0.15, 0.2) is 18.2 Å². The van der Waals surface area contributed by atoms with E-state index in [1.807, 2.05) is 0 Å². The van der Waals surface area contributed by atoms with Crippen LogP contribution in [0.1, 0.15) is 35.8 Å². The lowest BCUT2D eigenvalue weighted by Gasteiger charge is -2.16. The van der Waals surface area contributed by atoms with E-state index in [4.69, 9.17) is 5.73 Å². The van der Waals surface area contributed by atoms with Gasteiger partial charge in [0.05, 0.1) is 11.5 Å². The number of hydrogen-bond acceptors (Lipinski definition) is 7. The summed E-state index contributed by atoms with van der Waals surface area (Å²) in [6.45, 7) is 2.79. The highest BCUT2D eigenvalue weighted by atomic mass is 32.2. The van der Waals surface area contributed by atoms with Gasteiger partial charge >= 0.3 is 0 Å². The third-order valence-electron chi connectivity index (χ3n) is 3.15. The minimum absolute atomic E-state index is 0.0270.